The molecule has 0 aliphatic carbocycles. The fourth-order valence-electron chi connectivity index (χ4n) is 2.37. The van der Waals surface area contributed by atoms with Gasteiger partial charge in [0, 0.05) is 17.4 Å². The predicted octanol–water partition coefficient (Wildman–Crippen LogP) is 3.05. The molecule has 1 aromatic rings. The summed E-state index contributed by atoms with van der Waals surface area (Å²) in [6.07, 6.45) is 2.76. The van der Waals surface area contributed by atoms with E-state index in [0.29, 0.717) is 12.4 Å². The van der Waals surface area contributed by atoms with E-state index in [9.17, 15) is 4.79 Å². The van der Waals surface area contributed by atoms with Crippen LogP contribution in [0.15, 0.2) is 17.1 Å². The minimum atomic E-state index is -0.386. The normalized spacial score (nSPS) is 25.0. The fraction of sp³-hybridized carbons (Fsp3) is 0.733. The van der Waals surface area contributed by atoms with Gasteiger partial charge in [0.1, 0.15) is 18.0 Å². The smallest absolute Gasteiger partial charge is 0.351 e. The Labute approximate surface area is 144 Å². The van der Waals surface area contributed by atoms with Gasteiger partial charge in [0.05, 0.1) is 12.2 Å². The zero-order valence-electron chi connectivity index (χ0n) is 14.0. The predicted molar refractivity (Wildman–Crippen MR) is 96.4 cm³/mol. The van der Waals surface area contributed by atoms with Crippen molar-refractivity contribution in [1.29, 1.82) is 0 Å². The van der Waals surface area contributed by atoms with Crippen molar-refractivity contribution in [3.8, 4) is 0 Å². The zero-order valence-corrected chi connectivity index (χ0v) is 15.7. The Hall–Kier alpha value is -0.700. The van der Waals surface area contributed by atoms with Crippen LogP contribution in [0, 0.1) is 0 Å². The minimum absolute atomic E-state index is 0.00955. The van der Waals surface area contributed by atoms with E-state index in [1.165, 1.54) is 4.57 Å². The Morgan fingerprint density at radius 1 is 1.52 bits per heavy atom. The number of nitrogens with zero attached hydrogens (tertiary/aromatic N) is 2. The Kier molecular flexibility index (Phi) is 6.41. The molecule has 0 bridgehead atoms. The lowest BCUT2D eigenvalue weighted by Gasteiger charge is -2.19. The van der Waals surface area contributed by atoms with Crippen LogP contribution in [0.25, 0.3) is 0 Å². The lowest BCUT2D eigenvalue weighted by molar-refractivity contribution is -0.0322. The summed E-state index contributed by atoms with van der Waals surface area (Å²) in [5, 5.41) is 0. The van der Waals surface area contributed by atoms with Crippen molar-refractivity contribution in [2.75, 3.05) is 11.7 Å². The van der Waals surface area contributed by atoms with E-state index in [1.807, 2.05) is 0 Å². The summed E-state index contributed by atoms with van der Waals surface area (Å²) in [5.41, 5.74) is 5.14. The van der Waals surface area contributed by atoms with Crippen LogP contribution in [-0.2, 0) is 9.47 Å². The highest BCUT2D eigenvalue weighted by atomic mass is 33.1. The Bertz CT molecular complexity index is 574. The standard InChI is InChI=1S/C15H25N3O3S2/c1-5-10-11(20-9-22-23-15(2,3)4)8-13(21-10)18-7-6-12(16)17-14(18)19/h6-7,10-11,13H,5,8-9H2,1-4H3,(H2,16,17,19)/t10-,11-,13-/m1/s1. The van der Waals surface area contributed by atoms with Gasteiger partial charge in [0.2, 0.25) is 0 Å². The number of hydrogen-bond donors (Lipinski definition) is 1. The third-order valence-electron chi connectivity index (χ3n) is 3.38. The Morgan fingerprint density at radius 3 is 2.87 bits per heavy atom. The maximum absolute atomic E-state index is 11.9. The lowest BCUT2D eigenvalue weighted by Crippen LogP contribution is -2.27. The van der Waals surface area contributed by atoms with Gasteiger partial charge in [-0.2, -0.15) is 4.98 Å². The summed E-state index contributed by atoms with van der Waals surface area (Å²) in [7, 11) is 3.50. The molecule has 0 aromatic carbocycles. The molecule has 0 amide bonds. The first-order chi connectivity index (χ1) is 10.8. The molecule has 0 radical (unpaired) electrons. The second-order valence-corrected chi connectivity index (χ2v) is 9.52. The molecule has 130 valence electrons. The molecule has 2 rings (SSSR count). The third-order valence-corrected chi connectivity index (χ3v) is 6.38. The number of hydrogen-bond acceptors (Lipinski definition) is 7. The molecule has 1 fully saturated rings. The maximum Gasteiger partial charge on any atom is 0.351 e. The molecule has 8 heteroatoms. The molecule has 3 atom stereocenters. The van der Waals surface area contributed by atoms with Crippen molar-refractivity contribution in [3.63, 3.8) is 0 Å². The van der Waals surface area contributed by atoms with Crippen LogP contribution >= 0.6 is 21.6 Å². The molecule has 6 nitrogen and oxygen atoms in total. The SMILES string of the molecule is CC[C@H]1O[C@@H](n2ccc(N)nc2=O)C[C@H]1OCSSC(C)(C)C. The van der Waals surface area contributed by atoms with Gasteiger partial charge in [-0.25, -0.2) is 4.79 Å². The summed E-state index contributed by atoms with van der Waals surface area (Å²) in [6.45, 7) is 8.59. The van der Waals surface area contributed by atoms with Crippen molar-refractivity contribution in [3.05, 3.63) is 22.7 Å². The molecule has 0 spiro atoms. The van der Waals surface area contributed by atoms with Crippen LogP contribution in [0.1, 0.15) is 46.8 Å². The van der Waals surface area contributed by atoms with E-state index < -0.39 is 0 Å². The number of rotatable bonds is 6. The van der Waals surface area contributed by atoms with E-state index in [2.05, 4.69) is 32.7 Å². The quantitative estimate of drug-likeness (QED) is 0.475. The molecule has 0 saturated carbocycles. The topological polar surface area (TPSA) is 79.4 Å². The van der Waals surface area contributed by atoms with E-state index in [1.54, 1.807) is 33.9 Å². The molecule has 1 aliphatic heterocycles. The van der Waals surface area contributed by atoms with Crippen LogP contribution in [0.3, 0.4) is 0 Å². The molecule has 2 heterocycles. The second kappa shape index (κ2) is 7.92. The Balaban J connectivity index is 1.93. The van der Waals surface area contributed by atoms with Crippen molar-refractivity contribution in [2.24, 2.45) is 0 Å². The molecule has 1 aromatic heterocycles. The maximum atomic E-state index is 11.9. The van der Waals surface area contributed by atoms with E-state index in [0.717, 1.165) is 6.42 Å². The highest BCUT2D eigenvalue weighted by Gasteiger charge is 2.36. The number of nitrogens with two attached hydrogens (primary N) is 1. The first-order valence-corrected chi connectivity index (χ1v) is 10.0. The average molecular weight is 360 g/mol. The van der Waals surface area contributed by atoms with Gasteiger partial charge in [-0.05, 0) is 12.5 Å². The molecule has 1 aliphatic rings. The summed E-state index contributed by atoms with van der Waals surface area (Å²) < 4.78 is 13.6. The van der Waals surface area contributed by atoms with Gasteiger partial charge in [0.15, 0.2) is 0 Å². The van der Waals surface area contributed by atoms with Crippen molar-refractivity contribution in [2.45, 2.75) is 63.7 Å². The van der Waals surface area contributed by atoms with E-state index in [4.69, 9.17) is 15.2 Å². The van der Waals surface area contributed by atoms with Crippen LogP contribution < -0.4 is 11.4 Å². The Morgan fingerprint density at radius 2 is 2.26 bits per heavy atom. The van der Waals surface area contributed by atoms with Crippen molar-refractivity contribution < 1.29 is 9.47 Å². The number of aromatic nitrogens is 2. The minimum Gasteiger partial charge on any atom is -0.383 e. The van der Waals surface area contributed by atoms with Gasteiger partial charge in [0.25, 0.3) is 0 Å². The first kappa shape index (κ1) is 18.6. The van der Waals surface area contributed by atoms with Crippen LogP contribution in [0.2, 0.25) is 0 Å². The molecule has 0 unspecified atom stereocenters. The average Bonchev–Trinajstić information content (AvgIpc) is 2.85. The zero-order chi connectivity index (χ0) is 17.0. The highest BCUT2D eigenvalue weighted by molar-refractivity contribution is 8.77. The van der Waals surface area contributed by atoms with Crippen LogP contribution in [-0.4, -0.2) is 32.4 Å². The molecule has 2 N–H and O–H groups in total. The van der Waals surface area contributed by atoms with Gasteiger partial charge < -0.3 is 15.2 Å². The summed E-state index contributed by atoms with van der Waals surface area (Å²) in [6, 6.07) is 1.61. The van der Waals surface area contributed by atoms with Gasteiger partial charge >= 0.3 is 5.69 Å². The van der Waals surface area contributed by atoms with Crippen molar-refractivity contribution in [1.82, 2.24) is 9.55 Å². The fourth-order valence-corrected chi connectivity index (χ4v) is 4.37. The van der Waals surface area contributed by atoms with Crippen LogP contribution in [0.5, 0.6) is 0 Å². The van der Waals surface area contributed by atoms with Gasteiger partial charge in [-0.15, -0.1) is 0 Å². The third kappa shape index (κ3) is 5.41. The molecular weight excluding hydrogens is 334 g/mol. The van der Waals surface area contributed by atoms with Crippen molar-refractivity contribution >= 4 is 27.4 Å². The summed E-state index contributed by atoms with van der Waals surface area (Å²) in [4.78, 5) is 15.7. The highest BCUT2D eigenvalue weighted by Crippen LogP contribution is 2.37. The van der Waals surface area contributed by atoms with Gasteiger partial charge in [-0.1, -0.05) is 49.3 Å². The number of anilines is 1. The van der Waals surface area contributed by atoms with Crippen LogP contribution in [0.4, 0.5) is 5.82 Å². The molecule has 23 heavy (non-hydrogen) atoms. The summed E-state index contributed by atoms with van der Waals surface area (Å²) in [5.74, 6) is 0.827. The monoisotopic (exact) mass is 359 g/mol. The van der Waals surface area contributed by atoms with E-state index in [-0.39, 0.29) is 34.7 Å². The number of nitrogen functional groups attached to an aromatic ring is 1. The summed E-state index contributed by atoms with van der Waals surface area (Å²) >= 11 is 0. The first-order valence-electron chi connectivity index (χ1n) is 7.72. The molecule has 1 saturated heterocycles. The lowest BCUT2D eigenvalue weighted by atomic mass is 10.1. The molecular formula is C15H25N3O3S2. The number of ether oxygens (including phenoxy) is 2. The largest absolute Gasteiger partial charge is 0.383 e. The van der Waals surface area contributed by atoms with Gasteiger partial charge in [-0.3, -0.25) is 4.57 Å². The second-order valence-electron chi connectivity index (χ2n) is 6.45. The van der Waals surface area contributed by atoms with E-state index >= 15 is 0 Å².